The molecule has 2 unspecified atom stereocenters. The molecule has 1 saturated heterocycles. The van der Waals surface area contributed by atoms with Crippen LogP contribution in [0.1, 0.15) is 46.0 Å². The normalized spacial score (nSPS) is 25.0. The maximum atomic E-state index is 12.0. The lowest BCUT2D eigenvalue weighted by atomic mass is 10.1. The van der Waals surface area contributed by atoms with E-state index in [0.29, 0.717) is 13.0 Å². The van der Waals surface area contributed by atoms with Gasteiger partial charge in [0, 0.05) is 13.0 Å². The van der Waals surface area contributed by atoms with E-state index in [-0.39, 0.29) is 18.1 Å². The van der Waals surface area contributed by atoms with Crippen molar-refractivity contribution in [1.29, 1.82) is 0 Å². The smallest absolute Gasteiger partial charge is 0.222 e. The lowest BCUT2D eigenvalue weighted by molar-refractivity contribution is -0.143. The molecule has 1 aliphatic rings. The highest BCUT2D eigenvalue weighted by Crippen LogP contribution is 2.14. The van der Waals surface area contributed by atoms with Gasteiger partial charge in [-0.3, -0.25) is 4.79 Å². The van der Waals surface area contributed by atoms with Crippen LogP contribution in [-0.2, 0) is 9.53 Å². The summed E-state index contributed by atoms with van der Waals surface area (Å²) in [6.07, 6.45) is 5.14. The van der Waals surface area contributed by atoms with Gasteiger partial charge in [0.2, 0.25) is 5.91 Å². The van der Waals surface area contributed by atoms with E-state index < -0.39 is 0 Å². The molecule has 1 rings (SSSR count). The van der Waals surface area contributed by atoms with E-state index in [1.807, 2.05) is 11.8 Å². The summed E-state index contributed by atoms with van der Waals surface area (Å²) in [6, 6.07) is 0.225. The highest BCUT2D eigenvalue weighted by molar-refractivity contribution is 5.76. The Kier molecular flexibility index (Phi) is 6.52. The number of nitrogens with zero attached hydrogens (tertiary/aromatic N) is 1. The van der Waals surface area contributed by atoms with Gasteiger partial charge in [-0.25, -0.2) is 0 Å². The number of amides is 1. The molecule has 0 radical (unpaired) electrons. The van der Waals surface area contributed by atoms with Gasteiger partial charge in [0.25, 0.3) is 0 Å². The number of hydrogen-bond donors (Lipinski definition) is 1. The summed E-state index contributed by atoms with van der Waals surface area (Å²) in [5.74, 6) is 0.278. The van der Waals surface area contributed by atoms with Crippen molar-refractivity contribution >= 4 is 5.91 Å². The van der Waals surface area contributed by atoms with Crippen molar-refractivity contribution in [2.75, 3.05) is 19.7 Å². The van der Waals surface area contributed by atoms with Crippen LogP contribution in [0.4, 0.5) is 0 Å². The molecule has 0 aromatic heterocycles. The van der Waals surface area contributed by atoms with Gasteiger partial charge in [0.1, 0.15) is 0 Å². The van der Waals surface area contributed by atoms with E-state index in [1.54, 1.807) is 0 Å². The van der Waals surface area contributed by atoms with Crippen LogP contribution in [0.2, 0.25) is 0 Å². The first kappa shape index (κ1) is 14.5. The molecule has 0 saturated carbocycles. The number of ether oxygens (including phenoxy) is 1. The second kappa shape index (κ2) is 7.67. The van der Waals surface area contributed by atoms with Crippen molar-refractivity contribution in [3.8, 4) is 0 Å². The van der Waals surface area contributed by atoms with Crippen molar-refractivity contribution < 1.29 is 9.53 Å². The van der Waals surface area contributed by atoms with Gasteiger partial charge in [-0.2, -0.15) is 0 Å². The minimum absolute atomic E-state index is 0.174. The van der Waals surface area contributed by atoms with Crippen molar-refractivity contribution in [1.82, 2.24) is 4.90 Å². The first-order chi connectivity index (χ1) is 8.15. The van der Waals surface area contributed by atoms with Gasteiger partial charge in [-0.15, -0.1) is 0 Å². The number of nitrogens with two attached hydrogens (primary N) is 1. The number of hydrogen-bond acceptors (Lipinski definition) is 3. The Balaban J connectivity index is 2.21. The van der Waals surface area contributed by atoms with Gasteiger partial charge in [-0.1, -0.05) is 12.8 Å². The second-order valence-electron chi connectivity index (χ2n) is 4.99. The van der Waals surface area contributed by atoms with E-state index in [4.69, 9.17) is 10.5 Å². The summed E-state index contributed by atoms with van der Waals surface area (Å²) in [7, 11) is 0. The van der Waals surface area contributed by atoms with E-state index >= 15 is 0 Å². The molecule has 1 aliphatic heterocycles. The predicted molar refractivity (Wildman–Crippen MR) is 68.7 cm³/mol. The first-order valence-corrected chi connectivity index (χ1v) is 6.76. The van der Waals surface area contributed by atoms with Gasteiger partial charge in [0.15, 0.2) is 0 Å². The Morgan fingerprint density at radius 2 is 2.00 bits per heavy atom. The number of unbranched alkanes of at least 4 members (excludes halogenated alkanes) is 3. The average molecular weight is 242 g/mol. The van der Waals surface area contributed by atoms with Crippen LogP contribution in [-0.4, -0.2) is 42.6 Å². The summed E-state index contributed by atoms with van der Waals surface area (Å²) in [5.41, 5.74) is 5.43. The highest BCUT2D eigenvalue weighted by Gasteiger charge is 2.26. The van der Waals surface area contributed by atoms with Crippen molar-refractivity contribution in [2.45, 2.75) is 58.1 Å². The fourth-order valence-corrected chi connectivity index (χ4v) is 2.17. The molecule has 0 bridgehead atoms. The lowest BCUT2D eigenvalue weighted by Gasteiger charge is -2.36. The van der Waals surface area contributed by atoms with Crippen molar-refractivity contribution in [3.05, 3.63) is 0 Å². The fraction of sp³-hybridized carbons (Fsp3) is 0.923. The molecule has 1 heterocycles. The highest BCUT2D eigenvalue weighted by atomic mass is 16.5. The van der Waals surface area contributed by atoms with Crippen molar-refractivity contribution in [3.63, 3.8) is 0 Å². The third-order valence-corrected chi connectivity index (χ3v) is 3.27. The summed E-state index contributed by atoms with van der Waals surface area (Å²) >= 11 is 0. The van der Waals surface area contributed by atoms with Crippen LogP contribution in [0.5, 0.6) is 0 Å². The van der Waals surface area contributed by atoms with Crippen molar-refractivity contribution in [2.24, 2.45) is 5.73 Å². The predicted octanol–water partition coefficient (Wildman–Crippen LogP) is 1.53. The quantitative estimate of drug-likeness (QED) is 0.719. The van der Waals surface area contributed by atoms with E-state index in [2.05, 4.69) is 6.92 Å². The number of carbonyl (C=O) groups is 1. The first-order valence-electron chi connectivity index (χ1n) is 6.76. The largest absolute Gasteiger partial charge is 0.375 e. The van der Waals surface area contributed by atoms with E-state index in [1.165, 1.54) is 0 Å². The molecule has 2 N–H and O–H groups in total. The average Bonchev–Trinajstić information content (AvgIpc) is 2.32. The Labute approximate surface area is 104 Å². The SMILES string of the molecule is CC1CN(C(=O)CCCCCCN)C(C)CO1. The minimum Gasteiger partial charge on any atom is -0.375 e. The summed E-state index contributed by atoms with van der Waals surface area (Å²) in [4.78, 5) is 14.0. The summed E-state index contributed by atoms with van der Waals surface area (Å²) < 4.78 is 5.52. The van der Waals surface area contributed by atoms with Crippen LogP contribution in [0.25, 0.3) is 0 Å². The van der Waals surface area contributed by atoms with Gasteiger partial charge in [-0.05, 0) is 33.2 Å². The molecule has 100 valence electrons. The Morgan fingerprint density at radius 3 is 2.71 bits per heavy atom. The monoisotopic (exact) mass is 242 g/mol. The zero-order chi connectivity index (χ0) is 12.7. The van der Waals surface area contributed by atoms with Gasteiger partial charge >= 0.3 is 0 Å². The fourth-order valence-electron chi connectivity index (χ4n) is 2.17. The second-order valence-corrected chi connectivity index (χ2v) is 4.99. The van der Waals surface area contributed by atoms with E-state index in [0.717, 1.165) is 38.8 Å². The van der Waals surface area contributed by atoms with E-state index in [9.17, 15) is 4.79 Å². The van der Waals surface area contributed by atoms with Crippen LogP contribution < -0.4 is 5.73 Å². The molecule has 17 heavy (non-hydrogen) atoms. The third kappa shape index (κ3) is 5.04. The third-order valence-electron chi connectivity index (χ3n) is 3.27. The molecule has 0 aromatic rings. The zero-order valence-electron chi connectivity index (χ0n) is 11.2. The molecule has 0 aromatic carbocycles. The van der Waals surface area contributed by atoms with Gasteiger partial charge in [0.05, 0.1) is 18.8 Å². The van der Waals surface area contributed by atoms with Gasteiger partial charge < -0.3 is 15.4 Å². The molecule has 2 atom stereocenters. The Morgan fingerprint density at radius 1 is 1.29 bits per heavy atom. The Hall–Kier alpha value is -0.610. The van der Waals surface area contributed by atoms with Crippen LogP contribution >= 0.6 is 0 Å². The molecular formula is C13H26N2O2. The molecule has 4 heteroatoms. The number of rotatable bonds is 6. The van der Waals surface area contributed by atoms with Crippen LogP contribution in [0, 0.1) is 0 Å². The molecule has 1 amide bonds. The van der Waals surface area contributed by atoms with Crippen LogP contribution in [0.3, 0.4) is 0 Å². The maximum Gasteiger partial charge on any atom is 0.222 e. The number of carbonyl (C=O) groups excluding carboxylic acids is 1. The zero-order valence-corrected chi connectivity index (χ0v) is 11.2. The maximum absolute atomic E-state index is 12.0. The van der Waals surface area contributed by atoms with Crippen LogP contribution in [0.15, 0.2) is 0 Å². The number of morpholine rings is 1. The lowest BCUT2D eigenvalue weighted by Crippen LogP contribution is -2.50. The summed E-state index contributed by atoms with van der Waals surface area (Å²) in [5, 5.41) is 0. The molecule has 0 spiro atoms. The topological polar surface area (TPSA) is 55.6 Å². The molecule has 1 fully saturated rings. The minimum atomic E-state index is 0.174. The molecule has 4 nitrogen and oxygen atoms in total. The molecule has 0 aliphatic carbocycles. The Bertz CT molecular complexity index is 233. The standard InChI is InChI=1S/C13H26N2O2/c1-11-10-17-12(2)9-15(11)13(16)7-5-3-4-6-8-14/h11-12H,3-10,14H2,1-2H3. The summed E-state index contributed by atoms with van der Waals surface area (Å²) in [6.45, 7) is 6.24. The molecular weight excluding hydrogens is 216 g/mol.